The smallest absolute Gasteiger partial charge is 0.435 e. The fourth-order valence-electron chi connectivity index (χ4n) is 2.44. The molecule has 5 nitrogen and oxygen atoms in total. The summed E-state index contributed by atoms with van der Waals surface area (Å²) in [5, 5.41) is 2.00. The number of hydrogen-bond donors (Lipinski definition) is 1. The molecule has 2 heterocycles. The van der Waals surface area contributed by atoms with Crippen molar-refractivity contribution in [1.82, 2.24) is 14.9 Å². The Morgan fingerprint density at radius 2 is 1.95 bits per heavy atom. The number of amides is 1. The van der Waals surface area contributed by atoms with Gasteiger partial charge in [-0.05, 0) is 12.1 Å². The number of methoxy groups -OCH3 is 1. The maximum Gasteiger partial charge on any atom is 0.435 e. The third-order valence-corrected chi connectivity index (χ3v) is 3.42. The van der Waals surface area contributed by atoms with Crippen molar-refractivity contribution in [3.8, 4) is 5.75 Å². The van der Waals surface area contributed by atoms with Crippen LogP contribution in [0.25, 0.3) is 0 Å². The molecule has 1 N–H and O–H groups in total. The van der Waals surface area contributed by atoms with Gasteiger partial charge in [-0.15, -0.1) is 0 Å². The first-order chi connectivity index (χ1) is 9.90. The number of fused-ring (bicyclic) bond motifs is 1. The molecule has 1 amide bonds. The molecule has 0 aliphatic carbocycles. The lowest BCUT2D eigenvalue weighted by Gasteiger charge is -2.33. The van der Waals surface area contributed by atoms with Crippen LogP contribution in [0.5, 0.6) is 5.75 Å². The zero-order valence-electron chi connectivity index (χ0n) is 10.8. The first-order valence-corrected chi connectivity index (χ1v) is 5.98. The lowest BCUT2D eigenvalue weighted by Crippen LogP contribution is -2.55. The first-order valence-electron chi connectivity index (χ1n) is 5.98. The molecule has 0 saturated heterocycles. The van der Waals surface area contributed by atoms with Gasteiger partial charge in [-0.25, -0.2) is 4.98 Å². The molecular formula is C13H10F3N3O2. The number of nitrogens with zero attached hydrogens (tertiary/aromatic N) is 2. The molecule has 2 aromatic rings. The van der Waals surface area contributed by atoms with Crippen LogP contribution in [-0.4, -0.2) is 28.7 Å². The van der Waals surface area contributed by atoms with E-state index in [0.29, 0.717) is 5.75 Å². The van der Waals surface area contributed by atoms with Gasteiger partial charge >= 0.3 is 6.18 Å². The number of aromatic nitrogens is 2. The second-order valence-electron chi connectivity index (χ2n) is 4.51. The van der Waals surface area contributed by atoms with Crippen LogP contribution in [0.4, 0.5) is 13.2 Å². The number of carbonyl (C=O) groups excluding carboxylic acids is 1. The monoisotopic (exact) mass is 297 g/mol. The van der Waals surface area contributed by atoms with Crippen molar-refractivity contribution in [3.63, 3.8) is 0 Å². The lowest BCUT2D eigenvalue weighted by atomic mass is 9.99. The molecule has 1 unspecified atom stereocenters. The van der Waals surface area contributed by atoms with E-state index in [2.05, 4.69) is 4.98 Å². The van der Waals surface area contributed by atoms with E-state index in [9.17, 15) is 18.0 Å². The number of carbonyl (C=O) groups is 1. The van der Waals surface area contributed by atoms with Crippen LogP contribution in [0.2, 0.25) is 0 Å². The summed E-state index contributed by atoms with van der Waals surface area (Å²) in [6, 6.07) is 5.34. The van der Waals surface area contributed by atoms with Crippen molar-refractivity contribution < 1.29 is 22.7 Å². The van der Waals surface area contributed by atoms with E-state index in [4.69, 9.17) is 4.74 Å². The highest BCUT2D eigenvalue weighted by Gasteiger charge is 2.63. The molecule has 110 valence electrons. The van der Waals surface area contributed by atoms with Crippen molar-refractivity contribution in [2.45, 2.75) is 11.8 Å². The minimum Gasteiger partial charge on any atom is -0.497 e. The first kappa shape index (κ1) is 13.5. The summed E-state index contributed by atoms with van der Waals surface area (Å²) in [6.45, 7) is 0. The van der Waals surface area contributed by atoms with Gasteiger partial charge in [0.05, 0.1) is 7.11 Å². The summed E-state index contributed by atoms with van der Waals surface area (Å²) in [4.78, 5) is 15.4. The van der Waals surface area contributed by atoms with Gasteiger partial charge in [0.1, 0.15) is 5.75 Å². The number of imidazole rings is 1. The summed E-state index contributed by atoms with van der Waals surface area (Å²) in [7, 11) is 1.42. The predicted molar refractivity (Wildman–Crippen MR) is 65.8 cm³/mol. The summed E-state index contributed by atoms with van der Waals surface area (Å²) < 4.78 is 46.9. The van der Waals surface area contributed by atoms with Gasteiger partial charge in [-0.2, -0.15) is 13.2 Å². The Hall–Kier alpha value is -2.51. The molecule has 0 bridgehead atoms. The molecule has 0 spiro atoms. The molecule has 21 heavy (non-hydrogen) atoms. The molecule has 8 heteroatoms. The highest BCUT2D eigenvalue weighted by atomic mass is 19.4. The Kier molecular flexibility index (Phi) is 2.72. The molecule has 1 aliphatic rings. The van der Waals surface area contributed by atoms with Gasteiger partial charge in [-0.1, -0.05) is 12.1 Å². The normalized spacial score (nSPS) is 21.0. The second kappa shape index (κ2) is 4.24. The maximum absolute atomic E-state index is 13.7. The van der Waals surface area contributed by atoms with Crippen LogP contribution in [0.15, 0.2) is 36.7 Å². The van der Waals surface area contributed by atoms with Gasteiger partial charge in [0.2, 0.25) is 11.5 Å². The molecule has 1 aromatic carbocycles. The highest BCUT2D eigenvalue weighted by molar-refractivity contribution is 5.94. The van der Waals surface area contributed by atoms with E-state index in [-0.39, 0.29) is 11.4 Å². The summed E-state index contributed by atoms with van der Waals surface area (Å²) >= 11 is 0. The lowest BCUT2D eigenvalue weighted by molar-refractivity contribution is -0.203. The van der Waals surface area contributed by atoms with Crippen LogP contribution < -0.4 is 10.1 Å². The van der Waals surface area contributed by atoms with Crippen LogP contribution in [-0.2, 0) is 5.66 Å². The zero-order valence-corrected chi connectivity index (χ0v) is 10.8. The van der Waals surface area contributed by atoms with Crippen molar-refractivity contribution in [2.75, 3.05) is 7.11 Å². The predicted octanol–water partition coefficient (Wildman–Crippen LogP) is 1.90. The van der Waals surface area contributed by atoms with Crippen LogP contribution in [0.1, 0.15) is 16.2 Å². The number of halogens is 3. The van der Waals surface area contributed by atoms with E-state index < -0.39 is 17.7 Å². The zero-order chi connectivity index (χ0) is 15.3. The minimum absolute atomic E-state index is 0.124. The Balaban J connectivity index is 2.23. The van der Waals surface area contributed by atoms with Crippen molar-refractivity contribution in [3.05, 3.63) is 48.0 Å². The summed E-state index contributed by atoms with van der Waals surface area (Å²) in [5.41, 5.74) is -2.77. The van der Waals surface area contributed by atoms with Gasteiger partial charge in [0.25, 0.3) is 5.91 Å². The summed E-state index contributed by atoms with van der Waals surface area (Å²) in [5.74, 6) is -0.720. The number of ether oxygens (including phenoxy) is 1. The van der Waals surface area contributed by atoms with Gasteiger partial charge in [0.15, 0.2) is 0 Å². The number of rotatable bonds is 2. The Labute approximate surface area is 117 Å². The number of nitrogens with one attached hydrogen (secondary N) is 1. The standard InChI is InChI=1S/C13H10F3N3O2/c1-21-9-4-2-8(3-5-9)12(13(14,15)16)18-11(20)10-17-6-7-19(10)12/h2-7H,1H3,(H,18,20). The fourth-order valence-corrected chi connectivity index (χ4v) is 2.44. The van der Waals surface area contributed by atoms with E-state index in [1.165, 1.54) is 31.4 Å². The minimum atomic E-state index is -4.73. The SMILES string of the molecule is COc1ccc(C2(C(F)(F)F)NC(=O)c3nccn32)cc1. The average Bonchev–Trinajstić information content (AvgIpc) is 3.02. The molecule has 1 atom stereocenters. The topological polar surface area (TPSA) is 56.1 Å². The van der Waals surface area contributed by atoms with Crippen molar-refractivity contribution in [1.29, 1.82) is 0 Å². The van der Waals surface area contributed by atoms with E-state index in [0.717, 1.165) is 17.0 Å². The van der Waals surface area contributed by atoms with Gasteiger partial charge < -0.3 is 10.1 Å². The molecule has 3 rings (SSSR count). The molecule has 1 aromatic heterocycles. The van der Waals surface area contributed by atoms with Crippen LogP contribution in [0.3, 0.4) is 0 Å². The molecule has 1 aliphatic heterocycles. The summed E-state index contributed by atoms with van der Waals surface area (Å²) in [6.07, 6.45) is -2.44. The third-order valence-electron chi connectivity index (χ3n) is 3.42. The molecular weight excluding hydrogens is 287 g/mol. The van der Waals surface area contributed by atoms with Crippen LogP contribution >= 0.6 is 0 Å². The quantitative estimate of drug-likeness (QED) is 0.921. The Morgan fingerprint density at radius 1 is 1.29 bits per heavy atom. The third kappa shape index (κ3) is 1.71. The van der Waals surface area contributed by atoms with Crippen molar-refractivity contribution in [2.24, 2.45) is 0 Å². The fraction of sp³-hybridized carbons (Fsp3) is 0.231. The molecule has 0 saturated carbocycles. The van der Waals surface area contributed by atoms with Gasteiger partial charge in [-0.3, -0.25) is 9.36 Å². The van der Waals surface area contributed by atoms with Crippen LogP contribution in [0, 0.1) is 0 Å². The van der Waals surface area contributed by atoms with Crippen molar-refractivity contribution >= 4 is 5.91 Å². The van der Waals surface area contributed by atoms with E-state index in [1.807, 2.05) is 5.32 Å². The van der Waals surface area contributed by atoms with Gasteiger partial charge in [0, 0.05) is 18.0 Å². The molecule has 0 fully saturated rings. The van der Waals surface area contributed by atoms with E-state index in [1.54, 1.807) is 0 Å². The number of alkyl halides is 3. The highest BCUT2D eigenvalue weighted by Crippen LogP contribution is 2.43. The maximum atomic E-state index is 13.7. The number of hydrogen-bond acceptors (Lipinski definition) is 3. The van der Waals surface area contributed by atoms with E-state index >= 15 is 0 Å². The largest absolute Gasteiger partial charge is 0.497 e. The molecule has 0 radical (unpaired) electrons. The Morgan fingerprint density at radius 3 is 2.52 bits per heavy atom. The number of benzene rings is 1. The Bertz CT molecular complexity index is 693. The average molecular weight is 297 g/mol. The second-order valence-corrected chi connectivity index (χ2v) is 4.51.